The summed E-state index contributed by atoms with van der Waals surface area (Å²) in [6.07, 6.45) is 4.21. The Bertz CT molecular complexity index is 853. The second kappa shape index (κ2) is 8.42. The largest absolute Gasteiger partial charge is 0.370 e. The van der Waals surface area contributed by atoms with Gasteiger partial charge < -0.3 is 15.2 Å². The van der Waals surface area contributed by atoms with E-state index in [9.17, 15) is 4.79 Å². The lowest BCUT2D eigenvalue weighted by molar-refractivity contribution is -0.918. The van der Waals surface area contributed by atoms with Crippen molar-refractivity contribution in [3.63, 3.8) is 0 Å². The number of nitrogens with two attached hydrogens (primary N) is 1. The molecular formula is C19H26N5OS+. The van der Waals surface area contributed by atoms with E-state index in [0.29, 0.717) is 12.8 Å². The van der Waals surface area contributed by atoms with Gasteiger partial charge in [-0.05, 0) is 36.4 Å². The summed E-state index contributed by atoms with van der Waals surface area (Å²) in [5, 5.41) is 4.65. The summed E-state index contributed by atoms with van der Waals surface area (Å²) < 4.78 is 4.61. The first-order valence-electron chi connectivity index (χ1n) is 9.11. The number of aryl methyl sites for hydroxylation is 1. The molecule has 1 aliphatic rings. The van der Waals surface area contributed by atoms with Crippen LogP contribution >= 0.6 is 12.2 Å². The minimum atomic E-state index is -0.312. The predicted molar refractivity (Wildman–Crippen MR) is 104 cm³/mol. The maximum absolute atomic E-state index is 11.1. The van der Waals surface area contributed by atoms with Crippen molar-refractivity contribution in [1.82, 2.24) is 14.3 Å². The number of carbonyl (C=O) groups excluding carboxylic acids is 1. The zero-order valence-corrected chi connectivity index (χ0v) is 16.0. The Labute approximate surface area is 158 Å². The van der Waals surface area contributed by atoms with E-state index < -0.39 is 0 Å². The van der Waals surface area contributed by atoms with Crippen molar-refractivity contribution < 1.29 is 9.69 Å². The van der Waals surface area contributed by atoms with Crippen LogP contribution in [0.1, 0.15) is 31.2 Å². The van der Waals surface area contributed by atoms with Gasteiger partial charge in [0.1, 0.15) is 5.82 Å². The highest BCUT2D eigenvalue weighted by Gasteiger charge is 2.19. The van der Waals surface area contributed by atoms with E-state index in [1.165, 1.54) is 16.0 Å². The average molecular weight is 373 g/mol. The summed E-state index contributed by atoms with van der Waals surface area (Å²) in [6.45, 7) is 5.55. The zero-order valence-electron chi connectivity index (χ0n) is 15.1. The molecule has 3 rings (SSSR count). The van der Waals surface area contributed by atoms with Gasteiger partial charge in [-0.25, -0.2) is 0 Å². The summed E-state index contributed by atoms with van der Waals surface area (Å²) in [4.78, 5) is 12.5. The van der Waals surface area contributed by atoms with Crippen molar-refractivity contribution in [3.05, 3.63) is 52.6 Å². The van der Waals surface area contributed by atoms with Gasteiger partial charge in [-0.1, -0.05) is 30.3 Å². The molecule has 0 radical (unpaired) electrons. The first kappa shape index (κ1) is 18.5. The van der Waals surface area contributed by atoms with E-state index in [2.05, 4.69) is 35.4 Å². The molecule has 1 aliphatic heterocycles. The van der Waals surface area contributed by atoms with Gasteiger partial charge in [-0.2, -0.15) is 9.78 Å². The van der Waals surface area contributed by atoms with Gasteiger partial charge in [0.15, 0.2) is 6.67 Å². The molecule has 7 heteroatoms. The van der Waals surface area contributed by atoms with Crippen LogP contribution < -0.4 is 10.6 Å². The zero-order chi connectivity index (χ0) is 18.5. The van der Waals surface area contributed by atoms with Crippen LogP contribution in [0.4, 0.5) is 0 Å². The van der Waals surface area contributed by atoms with Gasteiger partial charge in [-0.3, -0.25) is 4.79 Å². The smallest absolute Gasteiger partial charge is 0.217 e. The molecule has 1 amide bonds. The quantitative estimate of drug-likeness (QED) is 0.717. The number of carbonyl (C=O) groups is 1. The maximum Gasteiger partial charge on any atom is 0.217 e. The van der Waals surface area contributed by atoms with Crippen LogP contribution in [0, 0.1) is 4.77 Å². The predicted octanol–water partition coefficient (Wildman–Crippen LogP) is 1.18. The highest BCUT2D eigenvalue weighted by molar-refractivity contribution is 7.71. The number of benzene rings is 1. The Morgan fingerprint density at radius 1 is 1.35 bits per heavy atom. The molecule has 1 aromatic carbocycles. The fraction of sp³-hybridized carbons (Fsp3) is 0.421. The van der Waals surface area contributed by atoms with Crippen LogP contribution in [-0.4, -0.2) is 33.3 Å². The van der Waals surface area contributed by atoms with Crippen molar-refractivity contribution >= 4 is 23.7 Å². The lowest BCUT2D eigenvalue weighted by Gasteiger charge is -2.23. The molecule has 0 spiro atoms. The summed E-state index contributed by atoms with van der Waals surface area (Å²) in [7, 11) is 0. The molecule has 0 bridgehead atoms. The monoisotopic (exact) mass is 372 g/mol. The van der Waals surface area contributed by atoms with Gasteiger partial charge >= 0.3 is 0 Å². The molecule has 0 saturated carbocycles. The molecular weight excluding hydrogens is 346 g/mol. The van der Waals surface area contributed by atoms with Gasteiger partial charge in [0, 0.05) is 25.8 Å². The van der Waals surface area contributed by atoms with Gasteiger partial charge in [0.25, 0.3) is 0 Å². The van der Waals surface area contributed by atoms with E-state index in [-0.39, 0.29) is 5.91 Å². The van der Waals surface area contributed by atoms with Gasteiger partial charge in [0.2, 0.25) is 10.7 Å². The molecule has 138 valence electrons. The molecule has 2 heterocycles. The third-order valence-electron chi connectivity index (χ3n) is 4.81. The van der Waals surface area contributed by atoms with E-state index in [4.69, 9.17) is 18.0 Å². The van der Waals surface area contributed by atoms with Crippen LogP contribution in [0.5, 0.6) is 0 Å². The summed E-state index contributed by atoms with van der Waals surface area (Å²) in [5.41, 5.74) is 8.00. The Morgan fingerprint density at radius 3 is 2.73 bits per heavy atom. The number of primary amides is 1. The molecule has 3 N–H and O–H groups in total. The third kappa shape index (κ3) is 4.28. The molecule has 1 unspecified atom stereocenters. The fourth-order valence-corrected chi connectivity index (χ4v) is 3.72. The molecule has 26 heavy (non-hydrogen) atoms. The summed E-state index contributed by atoms with van der Waals surface area (Å²) >= 11 is 5.58. The highest BCUT2D eigenvalue weighted by Crippen LogP contribution is 2.17. The number of rotatable bonds is 7. The molecule has 0 aliphatic carbocycles. The Hall–Kier alpha value is -2.25. The summed E-state index contributed by atoms with van der Waals surface area (Å²) in [5.74, 6) is 0.529. The van der Waals surface area contributed by atoms with Crippen molar-refractivity contribution in [2.45, 2.75) is 39.4 Å². The molecule has 1 atom stereocenters. The van der Waals surface area contributed by atoms with E-state index in [1.807, 2.05) is 22.2 Å². The minimum Gasteiger partial charge on any atom is -0.370 e. The number of quaternary nitrogens is 1. The van der Waals surface area contributed by atoms with Crippen molar-refractivity contribution in [3.8, 4) is 0 Å². The lowest BCUT2D eigenvalue weighted by Crippen LogP contribution is -3.11. The van der Waals surface area contributed by atoms with Crippen LogP contribution in [0.15, 0.2) is 36.4 Å². The second-order valence-corrected chi connectivity index (χ2v) is 6.98. The van der Waals surface area contributed by atoms with Crippen LogP contribution in [0.2, 0.25) is 0 Å². The van der Waals surface area contributed by atoms with Crippen LogP contribution in [0.25, 0.3) is 5.57 Å². The Kier molecular flexibility index (Phi) is 6.00. The minimum absolute atomic E-state index is 0.297. The fourth-order valence-electron chi connectivity index (χ4n) is 3.38. The Morgan fingerprint density at radius 2 is 2.12 bits per heavy atom. The van der Waals surface area contributed by atoms with Crippen molar-refractivity contribution in [2.75, 3.05) is 13.1 Å². The van der Waals surface area contributed by atoms with Crippen molar-refractivity contribution in [2.24, 2.45) is 5.73 Å². The first-order chi connectivity index (χ1) is 12.6. The number of nitrogens with zero attached hydrogens (tertiary/aromatic N) is 3. The van der Waals surface area contributed by atoms with Crippen LogP contribution in [-0.2, 0) is 24.4 Å². The number of amides is 1. The first-order valence-corrected chi connectivity index (χ1v) is 9.52. The maximum atomic E-state index is 11.1. The lowest BCUT2D eigenvalue weighted by atomic mass is 10.00. The molecule has 2 aromatic rings. The molecule has 0 fully saturated rings. The highest BCUT2D eigenvalue weighted by atomic mass is 32.1. The SMILES string of the molecule is CCn1c(CCC(N)=O)nn(C[NH+]2CC=C(c3ccccc3)CC2)c1=S. The third-order valence-corrected chi connectivity index (χ3v) is 5.24. The van der Waals surface area contributed by atoms with Gasteiger partial charge in [0.05, 0.1) is 13.1 Å². The van der Waals surface area contributed by atoms with E-state index >= 15 is 0 Å². The number of nitrogens with one attached hydrogen (secondary N) is 1. The standard InChI is InChI=1S/C19H25N5OS/c1-2-23-18(9-8-17(20)25)21-24(19(23)26)14-22-12-10-16(11-13-22)15-6-4-3-5-7-15/h3-7,10H,2,8-9,11-14H2,1H3,(H2,20,25)/p+1. The molecule has 0 saturated heterocycles. The van der Waals surface area contributed by atoms with E-state index in [1.54, 1.807) is 0 Å². The molecule has 6 nitrogen and oxygen atoms in total. The number of aromatic nitrogens is 3. The number of hydrogen-bond acceptors (Lipinski definition) is 3. The Balaban J connectivity index is 1.69. The molecule has 1 aromatic heterocycles. The van der Waals surface area contributed by atoms with E-state index in [0.717, 1.165) is 43.3 Å². The second-order valence-electron chi connectivity index (χ2n) is 6.62. The van der Waals surface area contributed by atoms with Crippen molar-refractivity contribution in [1.29, 1.82) is 0 Å². The topological polar surface area (TPSA) is 70.3 Å². The van der Waals surface area contributed by atoms with Gasteiger partial charge in [-0.15, -0.1) is 0 Å². The number of hydrogen-bond donors (Lipinski definition) is 2. The summed E-state index contributed by atoms with van der Waals surface area (Å²) in [6, 6.07) is 10.5. The average Bonchev–Trinajstić information content (AvgIpc) is 2.96. The normalized spacial score (nSPS) is 17.1. The van der Waals surface area contributed by atoms with Crippen LogP contribution in [0.3, 0.4) is 0 Å².